The van der Waals surface area contributed by atoms with E-state index in [4.69, 9.17) is 15.2 Å². The molecule has 6 nitrogen and oxygen atoms in total. The zero-order valence-corrected chi connectivity index (χ0v) is 13.2. The number of hydrogen-bond donors (Lipinski definition) is 2. The van der Waals surface area contributed by atoms with Crippen molar-refractivity contribution in [3.63, 3.8) is 0 Å². The lowest BCUT2D eigenvalue weighted by atomic mass is 10.3. The lowest BCUT2D eigenvalue weighted by molar-refractivity contribution is 0.0947. The quantitative estimate of drug-likeness (QED) is 0.724. The Kier molecular flexibility index (Phi) is 6.17. The molecule has 0 aliphatic heterocycles. The number of thiazole rings is 1. The van der Waals surface area contributed by atoms with Crippen LogP contribution < -0.4 is 20.5 Å². The van der Waals surface area contributed by atoms with E-state index in [1.807, 2.05) is 24.3 Å². The summed E-state index contributed by atoms with van der Waals surface area (Å²) >= 11 is 1.39. The van der Waals surface area contributed by atoms with Crippen molar-refractivity contribution >= 4 is 17.2 Å². The number of benzene rings is 1. The first-order chi connectivity index (χ1) is 10.7. The number of nitrogens with one attached hydrogen (secondary N) is 1. The van der Waals surface area contributed by atoms with E-state index < -0.39 is 0 Å². The Morgan fingerprint density at radius 1 is 1.41 bits per heavy atom. The highest BCUT2D eigenvalue weighted by Gasteiger charge is 2.09. The Hall–Kier alpha value is -2.12. The summed E-state index contributed by atoms with van der Waals surface area (Å²) in [7, 11) is 1.61. The van der Waals surface area contributed by atoms with Gasteiger partial charge in [-0.25, -0.2) is 4.98 Å². The molecule has 0 unspecified atom stereocenters. The van der Waals surface area contributed by atoms with E-state index in [2.05, 4.69) is 10.3 Å². The number of carbonyl (C=O) groups is 1. The number of carbonyl (C=O) groups excluding carboxylic acids is 1. The second kappa shape index (κ2) is 8.35. The number of methoxy groups -OCH3 is 1. The first-order valence-electron chi connectivity index (χ1n) is 6.92. The highest BCUT2D eigenvalue weighted by molar-refractivity contribution is 7.09. The lowest BCUT2D eigenvalue weighted by Gasteiger charge is -2.08. The van der Waals surface area contributed by atoms with Crippen molar-refractivity contribution in [1.82, 2.24) is 10.3 Å². The molecular formula is C15H19N3O3S. The second-order valence-electron chi connectivity index (χ2n) is 4.47. The van der Waals surface area contributed by atoms with Crippen LogP contribution in [0.2, 0.25) is 0 Å². The molecule has 118 valence electrons. The summed E-state index contributed by atoms with van der Waals surface area (Å²) in [6.45, 7) is 1.39. The third-order valence-corrected chi connectivity index (χ3v) is 3.75. The Labute approximate surface area is 133 Å². The molecule has 0 saturated heterocycles. The van der Waals surface area contributed by atoms with Gasteiger partial charge in [-0.15, -0.1) is 11.3 Å². The molecular weight excluding hydrogens is 302 g/mol. The molecule has 1 amide bonds. The van der Waals surface area contributed by atoms with Crippen LogP contribution in [0.4, 0.5) is 0 Å². The third-order valence-electron chi connectivity index (χ3n) is 2.88. The van der Waals surface area contributed by atoms with Crippen LogP contribution in [-0.2, 0) is 6.54 Å². The number of amides is 1. The molecule has 22 heavy (non-hydrogen) atoms. The Morgan fingerprint density at radius 2 is 2.23 bits per heavy atom. The topological polar surface area (TPSA) is 86.5 Å². The Morgan fingerprint density at radius 3 is 2.95 bits per heavy atom. The van der Waals surface area contributed by atoms with Gasteiger partial charge in [-0.05, 0) is 18.6 Å². The SMILES string of the molecule is COc1cccc(OCCCNC(=O)c2csc(CN)n2)c1. The molecule has 0 radical (unpaired) electrons. The standard InChI is InChI=1S/C15H19N3O3S/c1-20-11-4-2-5-12(8-11)21-7-3-6-17-15(19)13-10-22-14(9-16)18-13/h2,4-5,8,10H,3,6-7,9,16H2,1H3,(H,17,19). The molecule has 0 aliphatic rings. The summed E-state index contributed by atoms with van der Waals surface area (Å²) in [6.07, 6.45) is 0.705. The number of ether oxygens (including phenoxy) is 2. The molecule has 3 N–H and O–H groups in total. The van der Waals surface area contributed by atoms with Crippen LogP contribution >= 0.6 is 11.3 Å². The normalized spacial score (nSPS) is 10.3. The first-order valence-corrected chi connectivity index (χ1v) is 7.80. The molecule has 0 aliphatic carbocycles. The van der Waals surface area contributed by atoms with E-state index in [-0.39, 0.29) is 5.91 Å². The smallest absolute Gasteiger partial charge is 0.270 e. The van der Waals surface area contributed by atoms with Crippen molar-refractivity contribution in [3.8, 4) is 11.5 Å². The maximum atomic E-state index is 11.8. The molecule has 0 fully saturated rings. The van der Waals surface area contributed by atoms with Crippen LogP contribution in [0.25, 0.3) is 0 Å². The highest BCUT2D eigenvalue weighted by Crippen LogP contribution is 2.18. The maximum absolute atomic E-state index is 11.8. The Bertz CT molecular complexity index is 616. The van der Waals surface area contributed by atoms with Crippen molar-refractivity contribution in [2.45, 2.75) is 13.0 Å². The molecule has 2 aromatic rings. The first kappa shape index (κ1) is 16.3. The fraction of sp³-hybridized carbons (Fsp3) is 0.333. The molecule has 0 bridgehead atoms. The van der Waals surface area contributed by atoms with Crippen LogP contribution in [0.3, 0.4) is 0 Å². The minimum absolute atomic E-state index is 0.183. The molecule has 0 spiro atoms. The number of nitrogens with two attached hydrogens (primary N) is 1. The maximum Gasteiger partial charge on any atom is 0.270 e. The van der Waals surface area contributed by atoms with Crippen LogP contribution in [0.5, 0.6) is 11.5 Å². The summed E-state index contributed by atoms with van der Waals surface area (Å²) < 4.78 is 10.7. The Balaban J connectivity index is 1.67. The van der Waals surface area contributed by atoms with Crippen LogP contribution in [0.1, 0.15) is 21.9 Å². The van der Waals surface area contributed by atoms with E-state index in [0.29, 0.717) is 31.8 Å². The average molecular weight is 321 g/mol. The zero-order chi connectivity index (χ0) is 15.8. The van der Waals surface area contributed by atoms with Crippen molar-refractivity contribution in [2.24, 2.45) is 5.73 Å². The highest BCUT2D eigenvalue weighted by atomic mass is 32.1. The van der Waals surface area contributed by atoms with Gasteiger partial charge in [-0.3, -0.25) is 4.79 Å². The third kappa shape index (κ3) is 4.71. The van der Waals surface area contributed by atoms with Gasteiger partial charge in [-0.2, -0.15) is 0 Å². The second-order valence-corrected chi connectivity index (χ2v) is 5.41. The summed E-state index contributed by atoms with van der Waals surface area (Å²) in [5, 5.41) is 5.27. The summed E-state index contributed by atoms with van der Waals surface area (Å²) in [4.78, 5) is 16.0. The van der Waals surface area contributed by atoms with E-state index in [0.717, 1.165) is 16.5 Å². The van der Waals surface area contributed by atoms with Crippen LogP contribution in [-0.4, -0.2) is 31.2 Å². The number of hydrogen-bond acceptors (Lipinski definition) is 6. The predicted octanol–water partition coefficient (Wildman–Crippen LogP) is 1.81. The molecule has 0 atom stereocenters. The van der Waals surface area contributed by atoms with Gasteiger partial charge in [0.1, 0.15) is 22.2 Å². The monoisotopic (exact) mass is 321 g/mol. The van der Waals surface area contributed by atoms with Crippen molar-refractivity contribution in [1.29, 1.82) is 0 Å². The minimum Gasteiger partial charge on any atom is -0.497 e. The van der Waals surface area contributed by atoms with Gasteiger partial charge in [0.15, 0.2) is 0 Å². The van der Waals surface area contributed by atoms with Crippen LogP contribution in [0.15, 0.2) is 29.6 Å². The average Bonchev–Trinajstić information content (AvgIpc) is 3.04. The van der Waals surface area contributed by atoms with Crippen molar-refractivity contribution in [2.75, 3.05) is 20.3 Å². The van der Waals surface area contributed by atoms with Gasteiger partial charge >= 0.3 is 0 Å². The van der Waals surface area contributed by atoms with E-state index in [1.165, 1.54) is 11.3 Å². The fourth-order valence-corrected chi connectivity index (χ4v) is 2.41. The molecule has 1 aromatic carbocycles. The van der Waals surface area contributed by atoms with Gasteiger partial charge in [0.05, 0.1) is 13.7 Å². The fourth-order valence-electron chi connectivity index (χ4n) is 1.75. The predicted molar refractivity (Wildman–Crippen MR) is 85.4 cm³/mol. The van der Waals surface area contributed by atoms with Gasteiger partial charge in [-0.1, -0.05) is 6.07 Å². The number of rotatable bonds is 8. The lowest BCUT2D eigenvalue weighted by Crippen LogP contribution is -2.25. The summed E-state index contributed by atoms with van der Waals surface area (Å²) in [5.74, 6) is 1.32. The number of aromatic nitrogens is 1. The molecule has 0 saturated carbocycles. The minimum atomic E-state index is -0.183. The van der Waals surface area contributed by atoms with Gasteiger partial charge in [0, 0.05) is 24.5 Å². The van der Waals surface area contributed by atoms with Crippen molar-refractivity contribution < 1.29 is 14.3 Å². The van der Waals surface area contributed by atoms with Gasteiger partial charge in [0.25, 0.3) is 5.91 Å². The van der Waals surface area contributed by atoms with Gasteiger partial charge < -0.3 is 20.5 Å². The van der Waals surface area contributed by atoms with E-state index in [1.54, 1.807) is 12.5 Å². The molecule has 1 aromatic heterocycles. The molecule has 1 heterocycles. The van der Waals surface area contributed by atoms with E-state index in [9.17, 15) is 4.79 Å². The van der Waals surface area contributed by atoms with Crippen molar-refractivity contribution in [3.05, 3.63) is 40.3 Å². The van der Waals surface area contributed by atoms with Crippen LogP contribution in [0, 0.1) is 0 Å². The molecule has 2 rings (SSSR count). The van der Waals surface area contributed by atoms with Gasteiger partial charge in [0.2, 0.25) is 0 Å². The number of nitrogens with zero attached hydrogens (tertiary/aromatic N) is 1. The largest absolute Gasteiger partial charge is 0.497 e. The summed E-state index contributed by atoms with van der Waals surface area (Å²) in [6, 6.07) is 7.41. The van der Waals surface area contributed by atoms with E-state index >= 15 is 0 Å². The summed E-state index contributed by atoms with van der Waals surface area (Å²) in [5.41, 5.74) is 5.89. The molecule has 7 heteroatoms. The zero-order valence-electron chi connectivity index (χ0n) is 12.4.